The van der Waals surface area contributed by atoms with E-state index in [1.165, 1.54) is 18.4 Å². The first-order chi connectivity index (χ1) is 7.75. The predicted molar refractivity (Wildman–Crippen MR) is 64.7 cm³/mol. The van der Waals surface area contributed by atoms with Gasteiger partial charge in [0.15, 0.2) is 0 Å². The molecule has 0 spiro atoms. The van der Waals surface area contributed by atoms with Crippen LogP contribution in [0.3, 0.4) is 0 Å². The Hall–Kier alpha value is -1.09. The van der Waals surface area contributed by atoms with Gasteiger partial charge in [-0.15, -0.1) is 0 Å². The maximum Gasteiger partial charge on any atom is 0.213 e. The van der Waals surface area contributed by atoms with E-state index in [2.05, 4.69) is 24.1 Å². The van der Waals surface area contributed by atoms with Gasteiger partial charge in [0.05, 0.1) is 0 Å². The fourth-order valence-electron chi connectivity index (χ4n) is 2.17. The molecular weight excluding hydrogens is 200 g/mol. The molecule has 0 amide bonds. The smallest absolute Gasteiger partial charge is 0.213 e. The Kier molecular flexibility index (Phi) is 3.78. The van der Waals surface area contributed by atoms with Crippen LogP contribution in [0.15, 0.2) is 18.3 Å². The van der Waals surface area contributed by atoms with Gasteiger partial charge in [0.1, 0.15) is 6.10 Å². The molecule has 1 fully saturated rings. The summed E-state index contributed by atoms with van der Waals surface area (Å²) < 4.78 is 5.90. The molecule has 1 aromatic heterocycles. The van der Waals surface area contributed by atoms with Crippen LogP contribution in [-0.2, 0) is 0 Å². The lowest BCUT2D eigenvalue weighted by molar-refractivity contribution is 0.123. The topological polar surface area (TPSA) is 34.1 Å². The maximum absolute atomic E-state index is 5.90. The van der Waals surface area contributed by atoms with Crippen LogP contribution in [0.1, 0.15) is 25.3 Å². The highest BCUT2D eigenvalue weighted by Crippen LogP contribution is 2.20. The third-order valence-corrected chi connectivity index (χ3v) is 3.24. The van der Waals surface area contributed by atoms with Crippen molar-refractivity contribution in [2.45, 2.75) is 32.8 Å². The molecule has 0 aliphatic carbocycles. The van der Waals surface area contributed by atoms with E-state index in [0.717, 1.165) is 19.0 Å². The fourth-order valence-corrected chi connectivity index (χ4v) is 2.17. The van der Waals surface area contributed by atoms with E-state index in [-0.39, 0.29) is 6.10 Å². The zero-order chi connectivity index (χ0) is 11.4. The van der Waals surface area contributed by atoms with Crippen LogP contribution in [0.4, 0.5) is 0 Å². The number of aromatic nitrogens is 1. The highest BCUT2D eigenvalue weighted by molar-refractivity contribution is 5.18. The van der Waals surface area contributed by atoms with Gasteiger partial charge in [-0.1, -0.05) is 0 Å². The van der Waals surface area contributed by atoms with Crippen LogP contribution >= 0.6 is 0 Å². The molecule has 3 heteroatoms. The summed E-state index contributed by atoms with van der Waals surface area (Å²) in [4.78, 5) is 4.24. The molecule has 1 N–H and O–H groups in total. The summed E-state index contributed by atoms with van der Waals surface area (Å²) in [5, 5.41) is 3.37. The zero-order valence-electron chi connectivity index (χ0n) is 10.1. The summed E-state index contributed by atoms with van der Waals surface area (Å²) in [7, 11) is 0. The second kappa shape index (κ2) is 5.30. The molecule has 2 rings (SSSR count). The van der Waals surface area contributed by atoms with Gasteiger partial charge in [-0.2, -0.15) is 0 Å². The molecule has 1 atom stereocenters. The van der Waals surface area contributed by atoms with Crippen molar-refractivity contribution >= 4 is 0 Å². The molecule has 0 aromatic carbocycles. The van der Waals surface area contributed by atoms with Gasteiger partial charge in [-0.25, -0.2) is 4.98 Å². The molecule has 0 bridgehead atoms. The van der Waals surface area contributed by atoms with Gasteiger partial charge in [-0.05, 0) is 57.3 Å². The number of nitrogens with one attached hydrogen (secondary N) is 1. The Morgan fingerprint density at radius 2 is 2.19 bits per heavy atom. The highest BCUT2D eigenvalue weighted by atomic mass is 16.5. The van der Waals surface area contributed by atoms with Crippen molar-refractivity contribution in [2.75, 3.05) is 13.1 Å². The molecule has 1 aromatic rings. The zero-order valence-corrected chi connectivity index (χ0v) is 10.1. The molecule has 3 nitrogen and oxygen atoms in total. The van der Waals surface area contributed by atoms with Crippen LogP contribution < -0.4 is 10.1 Å². The van der Waals surface area contributed by atoms with Crippen LogP contribution in [0.25, 0.3) is 0 Å². The maximum atomic E-state index is 5.90. The molecular formula is C13H20N2O. The van der Waals surface area contributed by atoms with Crippen molar-refractivity contribution < 1.29 is 4.74 Å². The van der Waals surface area contributed by atoms with Crippen LogP contribution in [-0.4, -0.2) is 24.2 Å². The second-order valence-corrected chi connectivity index (χ2v) is 4.58. The van der Waals surface area contributed by atoms with Gasteiger partial charge in [-0.3, -0.25) is 0 Å². The SMILES string of the molecule is Cc1ccnc(OC(C)C2CCNCC2)c1. The molecule has 1 unspecified atom stereocenters. The number of piperidine rings is 1. The van der Waals surface area contributed by atoms with E-state index >= 15 is 0 Å². The van der Waals surface area contributed by atoms with Gasteiger partial charge < -0.3 is 10.1 Å². The lowest BCUT2D eigenvalue weighted by Gasteiger charge is -2.28. The summed E-state index contributed by atoms with van der Waals surface area (Å²) >= 11 is 0. The van der Waals surface area contributed by atoms with Crippen molar-refractivity contribution in [1.82, 2.24) is 10.3 Å². The number of ether oxygens (including phenoxy) is 1. The number of aryl methyl sites for hydroxylation is 1. The first kappa shape index (κ1) is 11.4. The monoisotopic (exact) mass is 220 g/mol. The van der Waals surface area contributed by atoms with Crippen molar-refractivity contribution in [3.05, 3.63) is 23.9 Å². The van der Waals surface area contributed by atoms with E-state index in [9.17, 15) is 0 Å². The average molecular weight is 220 g/mol. The summed E-state index contributed by atoms with van der Waals surface area (Å²) in [6.45, 7) is 6.43. The Labute approximate surface area is 97.2 Å². The quantitative estimate of drug-likeness (QED) is 0.847. The Morgan fingerprint density at radius 3 is 2.88 bits per heavy atom. The molecule has 0 radical (unpaired) electrons. The standard InChI is InChI=1S/C13H20N2O/c1-10-3-8-15-13(9-10)16-11(2)12-4-6-14-7-5-12/h3,8-9,11-12,14H,4-7H2,1-2H3. The van der Waals surface area contributed by atoms with Crippen LogP contribution in [0, 0.1) is 12.8 Å². The number of hydrogen-bond donors (Lipinski definition) is 1. The van der Waals surface area contributed by atoms with E-state index in [1.54, 1.807) is 6.20 Å². The van der Waals surface area contributed by atoms with E-state index in [4.69, 9.17) is 4.74 Å². The van der Waals surface area contributed by atoms with E-state index in [1.807, 2.05) is 12.1 Å². The number of hydrogen-bond acceptors (Lipinski definition) is 3. The van der Waals surface area contributed by atoms with Crippen LogP contribution in [0.2, 0.25) is 0 Å². The van der Waals surface area contributed by atoms with Gasteiger partial charge in [0, 0.05) is 12.3 Å². The van der Waals surface area contributed by atoms with E-state index < -0.39 is 0 Å². The Bertz CT molecular complexity index is 334. The largest absolute Gasteiger partial charge is 0.474 e. The molecule has 16 heavy (non-hydrogen) atoms. The third kappa shape index (κ3) is 2.95. The molecule has 0 saturated carbocycles. The first-order valence-electron chi connectivity index (χ1n) is 6.06. The minimum absolute atomic E-state index is 0.261. The molecule has 88 valence electrons. The van der Waals surface area contributed by atoms with E-state index in [0.29, 0.717) is 5.92 Å². The van der Waals surface area contributed by atoms with Gasteiger partial charge in [0.25, 0.3) is 0 Å². The normalized spacial score (nSPS) is 19.4. The predicted octanol–water partition coefficient (Wildman–Crippen LogP) is 2.16. The molecule has 1 aliphatic heterocycles. The third-order valence-electron chi connectivity index (χ3n) is 3.24. The van der Waals surface area contributed by atoms with Crippen molar-refractivity contribution in [3.8, 4) is 5.88 Å². The van der Waals surface area contributed by atoms with Crippen LogP contribution in [0.5, 0.6) is 5.88 Å². The molecule has 2 heterocycles. The average Bonchev–Trinajstić information content (AvgIpc) is 2.30. The summed E-state index contributed by atoms with van der Waals surface area (Å²) in [6.07, 6.45) is 4.47. The Morgan fingerprint density at radius 1 is 1.44 bits per heavy atom. The van der Waals surface area contributed by atoms with Gasteiger partial charge in [0.2, 0.25) is 5.88 Å². The minimum Gasteiger partial charge on any atom is -0.474 e. The number of nitrogens with zero attached hydrogens (tertiary/aromatic N) is 1. The fraction of sp³-hybridized carbons (Fsp3) is 0.615. The lowest BCUT2D eigenvalue weighted by Crippen LogP contribution is -2.35. The Balaban J connectivity index is 1.93. The molecule has 1 aliphatic rings. The van der Waals surface area contributed by atoms with Gasteiger partial charge >= 0.3 is 0 Å². The highest BCUT2D eigenvalue weighted by Gasteiger charge is 2.21. The second-order valence-electron chi connectivity index (χ2n) is 4.58. The number of rotatable bonds is 3. The van der Waals surface area contributed by atoms with Crippen molar-refractivity contribution in [3.63, 3.8) is 0 Å². The summed E-state index contributed by atoms with van der Waals surface area (Å²) in [6, 6.07) is 3.99. The first-order valence-corrected chi connectivity index (χ1v) is 6.06. The summed E-state index contributed by atoms with van der Waals surface area (Å²) in [5.41, 5.74) is 1.20. The van der Waals surface area contributed by atoms with Crippen molar-refractivity contribution in [2.24, 2.45) is 5.92 Å². The van der Waals surface area contributed by atoms with Crippen molar-refractivity contribution in [1.29, 1.82) is 0 Å². The lowest BCUT2D eigenvalue weighted by atomic mass is 9.93. The number of pyridine rings is 1. The molecule has 1 saturated heterocycles. The summed E-state index contributed by atoms with van der Waals surface area (Å²) in [5.74, 6) is 1.41. The minimum atomic E-state index is 0.261.